The maximum absolute atomic E-state index is 13.2. The molecule has 0 fully saturated rings. The molecule has 2 aromatic carbocycles. The van der Waals surface area contributed by atoms with Gasteiger partial charge in [0.1, 0.15) is 11.5 Å². The number of hydrogen-bond donors (Lipinski definition) is 0. The monoisotopic (exact) mass is 450 g/mol. The number of rotatable bonds is 3. The minimum atomic E-state index is -0.219. The van der Waals surface area contributed by atoms with E-state index in [-0.39, 0.29) is 29.9 Å². The SMILES string of the molecule is CN(C)Cc1cc2c(o1)CCN(C(=O)c1ccc3c(c1)C(=O)c1ccccc1C3=O)C2.Cl. The highest BCUT2D eigenvalue weighted by Gasteiger charge is 2.31. The van der Waals surface area contributed by atoms with Gasteiger partial charge < -0.3 is 14.2 Å². The zero-order valence-corrected chi connectivity index (χ0v) is 18.7. The summed E-state index contributed by atoms with van der Waals surface area (Å²) in [6, 6.07) is 13.6. The fraction of sp³-hybridized carbons (Fsp3) is 0.240. The number of furan rings is 1. The molecule has 7 heteroatoms. The summed E-state index contributed by atoms with van der Waals surface area (Å²) < 4.78 is 5.92. The van der Waals surface area contributed by atoms with Crippen LogP contribution in [-0.2, 0) is 19.5 Å². The normalized spacial score (nSPS) is 14.5. The van der Waals surface area contributed by atoms with Crippen molar-refractivity contribution in [1.29, 1.82) is 0 Å². The largest absolute Gasteiger partial charge is 0.464 e. The lowest BCUT2D eigenvalue weighted by molar-refractivity contribution is 0.0729. The van der Waals surface area contributed by atoms with Crippen LogP contribution >= 0.6 is 12.4 Å². The average Bonchev–Trinajstić information content (AvgIpc) is 3.17. The summed E-state index contributed by atoms with van der Waals surface area (Å²) in [5.74, 6) is 1.27. The Morgan fingerprint density at radius 3 is 2.31 bits per heavy atom. The van der Waals surface area contributed by atoms with Crippen LogP contribution in [0.2, 0.25) is 0 Å². The van der Waals surface area contributed by atoms with Crippen molar-refractivity contribution in [3.8, 4) is 0 Å². The number of fused-ring (bicyclic) bond motifs is 3. The van der Waals surface area contributed by atoms with Gasteiger partial charge in [0.05, 0.1) is 6.54 Å². The number of carbonyl (C=O) groups is 3. The second-order valence-electron chi connectivity index (χ2n) is 8.34. The van der Waals surface area contributed by atoms with Crippen LogP contribution in [0, 0.1) is 0 Å². The second kappa shape index (κ2) is 8.37. The molecule has 1 aliphatic carbocycles. The number of nitrogens with zero attached hydrogens (tertiary/aromatic N) is 2. The van der Waals surface area contributed by atoms with E-state index in [0.29, 0.717) is 53.9 Å². The summed E-state index contributed by atoms with van der Waals surface area (Å²) in [6.45, 7) is 1.73. The number of carbonyl (C=O) groups excluding carboxylic acids is 3. The van der Waals surface area contributed by atoms with E-state index in [9.17, 15) is 14.4 Å². The quantitative estimate of drug-likeness (QED) is 0.475. The molecule has 1 amide bonds. The Morgan fingerprint density at radius 1 is 0.969 bits per heavy atom. The molecule has 32 heavy (non-hydrogen) atoms. The van der Waals surface area contributed by atoms with Crippen molar-refractivity contribution >= 4 is 29.9 Å². The first-order chi connectivity index (χ1) is 14.9. The second-order valence-corrected chi connectivity index (χ2v) is 8.34. The van der Waals surface area contributed by atoms with Gasteiger partial charge in [-0.2, -0.15) is 0 Å². The number of ketones is 2. The van der Waals surface area contributed by atoms with E-state index in [1.807, 2.05) is 25.1 Å². The molecule has 0 N–H and O–H groups in total. The van der Waals surface area contributed by atoms with Crippen molar-refractivity contribution in [3.05, 3.63) is 93.4 Å². The zero-order chi connectivity index (χ0) is 21.7. The zero-order valence-electron chi connectivity index (χ0n) is 17.9. The van der Waals surface area contributed by atoms with Crippen LogP contribution in [0.3, 0.4) is 0 Å². The van der Waals surface area contributed by atoms with Gasteiger partial charge in [-0.25, -0.2) is 0 Å². The Kier molecular flexibility index (Phi) is 5.75. The first-order valence-corrected chi connectivity index (χ1v) is 10.3. The Hall–Kier alpha value is -3.22. The molecule has 164 valence electrons. The maximum atomic E-state index is 13.2. The van der Waals surface area contributed by atoms with Crippen LogP contribution in [-0.4, -0.2) is 47.9 Å². The molecular formula is C25H23ClN2O4. The molecule has 3 aromatic rings. The van der Waals surface area contributed by atoms with Gasteiger partial charge in [0.15, 0.2) is 11.6 Å². The topological polar surface area (TPSA) is 70.8 Å². The predicted molar refractivity (Wildman–Crippen MR) is 122 cm³/mol. The molecule has 6 nitrogen and oxygen atoms in total. The van der Waals surface area contributed by atoms with Crippen molar-refractivity contribution in [2.24, 2.45) is 0 Å². The van der Waals surface area contributed by atoms with Crippen molar-refractivity contribution < 1.29 is 18.8 Å². The summed E-state index contributed by atoms with van der Waals surface area (Å²) in [7, 11) is 3.97. The van der Waals surface area contributed by atoms with Gasteiger partial charge in [0, 0.05) is 52.9 Å². The molecule has 2 heterocycles. The molecular weight excluding hydrogens is 428 g/mol. The minimum absolute atomic E-state index is 0. The molecule has 2 aliphatic rings. The van der Waals surface area contributed by atoms with E-state index in [1.54, 1.807) is 47.4 Å². The summed E-state index contributed by atoms with van der Waals surface area (Å²) in [4.78, 5) is 42.8. The Morgan fingerprint density at radius 2 is 1.62 bits per heavy atom. The van der Waals surface area contributed by atoms with Crippen LogP contribution in [0.25, 0.3) is 0 Å². The molecule has 1 aliphatic heterocycles. The molecule has 1 aromatic heterocycles. The number of benzene rings is 2. The minimum Gasteiger partial charge on any atom is -0.464 e. The van der Waals surface area contributed by atoms with Crippen molar-refractivity contribution in [2.75, 3.05) is 20.6 Å². The van der Waals surface area contributed by atoms with Crippen LogP contribution in [0.1, 0.15) is 59.3 Å². The van der Waals surface area contributed by atoms with Crippen LogP contribution in [0.4, 0.5) is 0 Å². The van der Waals surface area contributed by atoms with Gasteiger partial charge in [-0.05, 0) is 38.4 Å². The van der Waals surface area contributed by atoms with E-state index in [1.165, 1.54) is 0 Å². The summed E-state index contributed by atoms with van der Waals surface area (Å²) in [5, 5.41) is 0. The van der Waals surface area contributed by atoms with Crippen LogP contribution in [0.15, 0.2) is 52.9 Å². The predicted octanol–water partition coefficient (Wildman–Crippen LogP) is 3.74. The highest BCUT2D eigenvalue weighted by Crippen LogP contribution is 2.29. The molecule has 0 saturated carbocycles. The van der Waals surface area contributed by atoms with Crippen molar-refractivity contribution in [3.63, 3.8) is 0 Å². The highest BCUT2D eigenvalue weighted by atomic mass is 35.5. The van der Waals surface area contributed by atoms with E-state index in [2.05, 4.69) is 0 Å². The van der Waals surface area contributed by atoms with Gasteiger partial charge in [-0.15, -0.1) is 12.4 Å². The molecule has 0 saturated heterocycles. The number of hydrogen-bond acceptors (Lipinski definition) is 5. The maximum Gasteiger partial charge on any atom is 0.254 e. The molecule has 0 unspecified atom stereocenters. The lowest BCUT2D eigenvalue weighted by Gasteiger charge is -2.27. The van der Waals surface area contributed by atoms with Gasteiger partial charge >= 0.3 is 0 Å². The Labute approximate surface area is 192 Å². The number of halogens is 1. The van der Waals surface area contributed by atoms with Gasteiger partial charge in [0.25, 0.3) is 5.91 Å². The lowest BCUT2D eigenvalue weighted by atomic mass is 9.83. The van der Waals surface area contributed by atoms with Crippen LogP contribution in [0.5, 0.6) is 0 Å². The van der Waals surface area contributed by atoms with E-state index in [4.69, 9.17) is 4.42 Å². The van der Waals surface area contributed by atoms with E-state index in [0.717, 1.165) is 17.1 Å². The average molecular weight is 451 g/mol. The number of amides is 1. The smallest absolute Gasteiger partial charge is 0.254 e. The van der Waals surface area contributed by atoms with Gasteiger partial charge in [-0.1, -0.05) is 24.3 Å². The standard InChI is InChI=1S/C25H22N2O4.ClH/c1-26(2)14-17-11-16-13-27(10-9-22(16)31-17)25(30)15-7-8-20-21(12-15)24(29)19-6-4-3-5-18(19)23(20)28;/h3-8,11-12H,9-10,13-14H2,1-2H3;1H. The van der Waals surface area contributed by atoms with Crippen molar-refractivity contribution in [2.45, 2.75) is 19.5 Å². The molecule has 0 radical (unpaired) electrons. The highest BCUT2D eigenvalue weighted by molar-refractivity contribution is 6.28. The first-order valence-electron chi connectivity index (χ1n) is 10.3. The molecule has 0 spiro atoms. The third-order valence-electron chi connectivity index (χ3n) is 5.85. The fourth-order valence-electron chi connectivity index (χ4n) is 4.37. The third kappa shape index (κ3) is 3.66. The van der Waals surface area contributed by atoms with Crippen molar-refractivity contribution in [1.82, 2.24) is 9.80 Å². The van der Waals surface area contributed by atoms with Gasteiger partial charge in [0.2, 0.25) is 0 Å². The first kappa shape index (κ1) is 22.0. The van der Waals surface area contributed by atoms with E-state index >= 15 is 0 Å². The molecule has 5 rings (SSSR count). The molecule has 0 atom stereocenters. The summed E-state index contributed by atoms with van der Waals surface area (Å²) in [5.41, 5.74) is 2.89. The molecule has 0 bridgehead atoms. The third-order valence-corrected chi connectivity index (χ3v) is 5.85. The van der Waals surface area contributed by atoms with Gasteiger partial charge in [-0.3, -0.25) is 14.4 Å². The van der Waals surface area contributed by atoms with E-state index < -0.39 is 0 Å². The summed E-state index contributed by atoms with van der Waals surface area (Å²) in [6.07, 6.45) is 0.657. The lowest BCUT2D eigenvalue weighted by Crippen LogP contribution is -2.35. The Balaban J connectivity index is 0.00000245. The van der Waals surface area contributed by atoms with Crippen LogP contribution < -0.4 is 0 Å². The fourth-order valence-corrected chi connectivity index (χ4v) is 4.37. The Bertz CT molecular complexity index is 1240. The summed E-state index contributed by atoms with van der Waals surface area (Å²) >= 11 is 0.